The summed E-state index contributed by atoms with van der Waals surface area (Å²) in [5.74, 6) is -0.954. The number of nitrogens with zero attached hydrogens (tertiary/aromatic N) is 2. The molecule has 0 radical (unpaired) electrons. The van der Waals surface area contributed by atoms with E-state index in [0.717, 1.165) is 0 Å². The Morgan fingerprint density at radius 3 is 2.92 bits per heavy atom. The number of carbonyl (C=O) groups excluding carboxylic acids is 1. The van der Waals surface area contributed by atoms with Gasteiger partial charge in [0.2, 0.25) is 0 Å². The monoisotopic (exact) mass is 402 g/mol. The van der Waals surface area contributed by atoms with Crippen molar-refractivity contribution in [2.45, 2.75) is 17.7 Å². The predicted molar refractivity (Wildman–Crippen MR) is 98.3 cm³/mol. The molecule has 0 aromatic heterocycles. The first kappa shape index (κ1) is 18.4. The molecule has 0 N–H and O–H groups in total. The molecule has 0 aliphatic carbocycles. The number of halogens is 2. The van der Waals surface area contributed by atoms with Gasteiger partial charge in [0, 0.05) is 22.4 Å². The molecule has 25 heavy (non-hydrogen) atoms. The smallest absolute Gasteiger partial charge is 0.252 e. The summed E-state index contributed by atoms with van der Waals surface area (Å²) in [4.78, 5) is 18.1. The average Bonchev–Trinajstić information content (AvgIpc) is 2.96. The van der Waals surface area contributed by atoms with Crippen LogP contribution in [-0.2, 0) is 21.1 Å². The highest BCUT2D eigenvalue weighted by molar-refractivity contribution is 8.15. The van der Waals surface area contributed by atoms with Gasteiger partial charge in [-0.15, -0.1) is 6.58 Å². The van der Waals surface area contributed by atoms with Crippen molar-refractivity contribution in [3.63, 3.8) is 0 Å². The molecular weight excluding hydrogens is 387 g/mol. The van der Waals surface area contributed by atoms with Crippen LogP contribution in [0.5, 0.6) is 0 Å². The maximum absolute atomic E-state index is 13.8. The number of hydrogen-bond acceptors (Lipinski definition) is 4. The number of aliphatic imine (C=N–C) groups is 1. The summed E-state index contributed by atoms with van der Waals surface area (Å²) in [6, 6.07) is 4.02. The zero-order valence-corrected chi connectivity index (χ0v) is 15.6. The second-order valence-electron chi connectivity index (χ2n) is 5.91. The third-order valence-electron chi connectivity index (χ3n) is 4.11. The van der Waals surface area contributed by atoms with Crippen LogP contribution in [0.2, 0.25) is 5.02 Å². The Bertz CT molecular complexity index is 837. The van der Waals surface area contributed by atoms with E-state index in [0.29, 0.717) is 11.7 Å². The third-order valence-corrected chi connectivity index (χ3v) is 7.71. The van der Waals surface area contributed by atoms with E-state index in [2.05, 4.69) is 11.6 Å². The van der Waals surface area contributed by atoms with Crippen molar-refractivity contribution in [2.24, 2.45) is 4.99 Å². The summed E-state index contributed by atoms with van der Waals surface area (Å²) in [6.07, 6.45) is 1.40. The molecule has 134 valence electrons. The summed E-state index contributed by atoms with van der Waals surface area (Å²) >= 11 is 7.22. The van der Waals surface area contributed by atoms with Gasteiger partial charge in [-0.1, -0.05) is 35.5 Å². The van der Waals surface area contributed by atoms with Crippen LogP contribution < -0.4 is 0 Å². The van der Waals surface area contributed by atoms with Crippen molar-refractivity contribution in [3.05, 3.63) is 47.3 Å². The number of sulfone groups is 1. The van der Waals surface area contributed by atoms with E-state index in [1.54, 1.807) is 11.0 Å². The SMILES string of the molecule is C=CCN1C(=NC(=O)Cc2c(F)cccc2Cl)S[C@H]2CS(=O)(=O)C[C@H]21. The van der Waals surface area contributed by atoms with Crippen LogP contribution in [0.3, 0.4) is 0 Å². The third kappa shape index (κ3) is 3.91. The summed E-state index contributed by atoms with van der Waals surface area (Å²) < 4.78 is 37.4. The highest BCUT2D eigenvalue weighted by atomic mass is 35.5. The van der Waals surface area contributed by atoms with Gasteiger partial charge in [-0.3, -0.25) is 4.79 Å². The molecule has 9 heteroatoms. The Labute approximate surface area is 154 Å². The number of rotatable bonds is 4. The van der Waals surface area contributed by atoms with Gasteiger partial charge in [0.15, 0.2) is 15.0 Å². The Morgan fingerprint density at radius 2 is 2.24 bits per heavy atom. The van der Waals surface area contributed by atoms with Gasteiger partial charge in [0.1, 0.15) is 5.82 Å². The van der Waals surface area contributed by atoms with Gasteiger partial charge in [-0.2, -0.15) is 4.99 Å². The quantitative estimate of drug-likeness (QED) is 0.723. The number of fused-ring (bicyclic) bond motifs is 1. The highest BCUT2D eigenvalue weighted by Crippen LogP contribution is 2.38. The lowest BCUT2D eigenvalue weighted by Gasteiger charge is -2.22. The van der Waals surface area contributed by atoms with E-state index in [-0.39, 0.29) is 39.8 Å². The minimum Gasteiger partial charge on any atom is -0.342 e. The van der Waals surface area contributed by atoms with Crippen molar-refractivity contribution >= 4 is 44.3 Å². The fourth-order valence-corrected chi connectivity index (χ4v) is 7.19. The maximum atomic E-state index is 13.8. The van der Waals surface area contributed by atoms with Gasteiger partial charge < -0.3 is 4.90 Å². The Morgan fingerprint density at radius 1 is 1.48 bits per heavy atom. The van der Waals surface area contributed by atoms with Crippen molar-refractivity contribution in [1.29, 1.82) is 0 Å². The second-order valence-corrected chi connectivity index (χ2v) is 9.67. The van der Waals surface area contributed by atoms with Crippen molar-refractivity contribution < 1.29 is 17.6 Å². The van der Waals surface area contributed by atoms with E-state index in [1.807, 2.05) is 0 Å². The molecule has 2 aliphatic heterocycles. The molecule has 0 bridgehead atoms. The Balaban J connectivity index is 1.80. The first-order valence-corrected chi connectivity index (χ1v) is 10.7. The molecule has 0 spiro atoms. The topological polar surface area (TPSA) is 66.8 Å². The number of amidine groups is 1. The number of benzene rings is 1. The molecule has 1 aromatic carbocycles. The fourth-order valence-electron chi connectivity index (χ4n) is 2.99. The molecular formula is C16H16ClFN2O3S2. The van der Waals surface area contributed by atoms with Gasteiger partial charge in [-0.25, -0.2) is 12.8 Å². The molecule has 2 saturated heterocycles. The van der Waals surface area contributed by atoms with Gasteiger partial charge in [0.05, 0.1) is 24.0 Å². The maximum Gasteiger partial charge on any atom is 0.252 e. The Hall–Kier alpha value is -1.38. The number of carbonyl (C=O) groups is 1. The molecule has 2 atom stereocenters. The molecule has 3 rings (SSSR count). The molecule has 2 heterocycles. The summed E-state index contributed by atoms with van der Waals surface area (Å²) in [5.41, 5.74) is 0.111. The first-order valence-electron chi connectivity index (χ1n) is 7.60. The normalized spacial score (nSPS) is 26.0. The van der Waals surface area contributed by atoms with Crippen LogP contribution in [0.1, 0.15) is 5.56 Å². The van der Waals surface area contributed by atoms with Crippen LogP contribution in [0.4, 0.5) is 4.39 Å². The lowest BCUT2D eigenvalue weighted by molar-refractivity contribution is -0.117. The molecule has 1 aromatic rings. The molecule has 2 aliphatic rings. The molecule has 0 unspecified atom stereocenters. The fraction of sp³-hybridized carbons (Fsp3) is 0.375. The lowest BCUT2D eigenvalue weighted by Crippen LogP contribution is -2.37. The van der Waals surface area contributed by atoms with E-state index in [9.17, 15) is 17.6 Å². The summed E-state index contributed by atoms with van der Waals surface area (Å²) in [6.45, 7) is 4.07. The van der Waals surface area contributed by atoms with Gasteiger partial charge in [0.25, 0.3) is 5.91 Å². The first-order chi connectivity index (χ1) is 11.8. The van der Waals surface area contributed by atoms with Crippen molar-refractivity contribution in [2.75, 3.05) is 18.1 Å². The van der Waals surface area contributed by atoms with Crippen molar-refractivity contribution in [3.8, 4) is 0 Å². The van der Waals surface area contributed by atoms with Crippen LogP contribution >= 0.6 is 23.4 Å². The molecule has 1 amide bonds. The minimum atomic E-state index is -3.07. The zero-order chi connectivity index (χ0) is 18.2. The van der Waals surface area contributed by atoms with Crippen LogP contribution in [0.15, 0.2) is 35.8 Å². The molecule has 5 nitrogen and oxygen atoms in total. The lowest BCUT2D eigenvalue weighted by atomic mass is 10.1. The van der Waals surface area contributed by atoms with Gasteiger partial charge in [-0.05, 0) is 12.1 Å². The van der Waals surface area contributed by atoms with Crippen LogP contribution in [0, 0.1) is 5.82 Å². The average molecular weight is 403 g/mol. The standard InChI is InChI=1S/C16H16ClFN2O3S2/c1-2-6-20-13-8-25(22,23)9-14(13)24-16(20)19-15(21)7-10-11(17)4-3-5-12(10)18/h2-5,13-14H,1,6-9H2/t13-,14+/m1/s1. The predicted octanol–water partition coefficient (Wildman–Crippen LogP) is 2.30. The van der Waals surface area contributed by atoms with Gasteiger partial charge >= 0.3 is 0 Å². The van der Waals surface area contributed by atoms with E-state index < -0.39 is 21.6 Å². The minimum absolute atomic E-state index is 0.0465. The second kappa shape index (κ2) is 7.09. The number of amides is 1. The van der Waals surface area contributed by atoms with Crippen molar-refractivity contribution in [1.82, 2.24) is 4.90 Å². The van der Waals surface area contributed by atoms with E-state index >= 15 is 0 Å². The van der Waals surface area contributed by atoms with E-state index in [1.165, 1.54) is 30.0 Å². The van der Waals surface area contributed by atoms with Crippen LogP contribution in [-0.4, -0.2) is 53.7 Å². The van der Waals surface area contributed by atoms with Crippen LogP contribution in [0.25, 0.3) is 0 Å². The number of hydrogen-bond donors (Lipinski definition) is 0. The highest BCUT2D eigenvalue weighted by Gasteiger charge is 2.48. The number of thioether (sulfide) groups is 1. The molecule has 2 fully saturated rings. The Kier molecular flexibility index (Phi) is 5.22. The largest absolute Gasteiger partial charge is 0.342 e. The summed E-state index contributed by atoms with van der Waals surface area (Å²) in [7, 11) is -3.07. The summed E-state index contributed by atoms with van der Waals surface area (Å²) in [5, 5.41) is 0.495. The molecule has 0 saturated carbocycles. The van der Waals surface area contributed by atoms with E-state index in [4.69, 9.17) is 11.6 Å². The zero-order valence-electron chi connectivity index (χ0n) is 13.2.